The van der Waals surface area contributed by atoms with E-state index in [0.717, 1.165) is 32.2 Å². The van der Waals surface area contributed by atoms with E-state index in [9.17, 15) is 4.79 Å². The summed E-state index contributed by atoms with van der Waals surface area (Å²) in [6.45, 7) is 8.24. The second kappa shape index (κ2) is 6.67. The van der Waals surface area contributed by atoms with E-state index < -0.39 is 0 Å². The molecule has 128 valence electrons. The number of halogens is 1. The monoisotopic (exact) mass is 370 g/mol. The number of thiophene rings is 1. The van der Waals surface area contributed by atoms with Gasteiger partial charge >= 0.3 is 0 Å². The van der Waals surface area contributed by atoms with E-state index in [4.69, 9.17) is 23.0 Å². The lowest BCUT2D eigenvalue weighted by molar-refractivity contribution is 0.651. The van der Waals surface area contributed by atoms with Crippen molar-refractivity contribution in [3.63, 3.8) is 0 Å². The fourth-order valence-corrected chi connectivity index (χ4v) is 4.20. The Bertz CT molecular complexity index is 1070. The van der Waals surface area contributed by atoms with Crippen LogP contribution >= 0.6 is 22.9 Å². The van der Waals surface area contributed by atoms with Crippen LogP contribution in [0, 0.1) is 26.2 Å². The summed E-state index contributed by atoms with van der Waals surface area (Å²) in [7, 11) is 0. The van der Waals surface area contributed by atoms with Crippen molar-refractivity contribution in [2.45, 2.75) is 40.2 Å². The minimum absolute atomic E-state index is 0.0707. The Hall–Kier alpha value is -2.09. The molecular weight excluding hydrogens is 352 g/mol. The lowest BCUT2D eigenvalue weighted by atomic mass is 10.0. The molecule has 0 saturated carbocycles. The predicted octanol–water partition coefficient (Wildman–Crippen LogP) is 5.15. The number of aryl methyl sites for hydroxylation is 2. The molecule has 0 bridgehead atoms. The van der Waals surface area contributed by atoms with E-state index in [2.05, 4.69) is 5.92 Å². The van der Waals surface area contributed by atoms with Gasteiger partial charge in [-0.1, -0.05) is 37.4 Å². The number of fused-ring (bicyclic) bond motifs is 1. The van der Waals surface area contributed by atoms with Gasteiger partial charge in [0, 0.05) is 21.4 Å². The first-order chi connectivity index (χ1) is 11.8. The van der Waals surface area contributed by atoms with Crippen LogP contribution in [0.5, 0.6) is 0 Å². The molecule has 0 fully saturated rings. The van der Waals surface area contributed by atoms with Gasteiger partial charge in [0.15, 0.2) is 0 Å². The van der Waals surface area contributed by atoms with E-state index in [1.807, 2.05) is 45.9 Å². The fraction of sp³-hybridized carbons (Fsp3) is 0.300. The van der Waals surface area contributed by atoms with Crippen molar-refractivity contribution in [3.8, 4) is 23.5 Å². The first-order valence-corrected chi connectivity index (χ1v) is 9.28. The van der Waals surface area contributed by atoms with Crippen LogP contribution < -0.4 is 5.56 Å². The van der Waals surface area contributed by atoms with Crippen LogP contribution in [0.2, 0.25) is 5.02 Å². The molecule has 0 amide bonds. The molecule has 0 saturated heterocycles. The van der Waals surface area contributed by atoms with Crippen LogP contribution in [0.4, 0.5) is 0 Å². The highest BCUT2D eigenvalue weighted by Gasteiger charge is 2.20. The summed E-state index contributed by atoms with van der Waals surface area (Å²) in [6, 6.07) is 5.83. The summed E-state index contributed by atoms with van der Waals surface area (Å²) in [5, 5.41) is 1.36. The van der Waals surface area contributed by atoms with Crippen molar-refractivity contribution in [1.82, 2.24) is 9.55 Å². The Balaban J connectivity index is 2.40. The molecule has 3 rings (SSSR count). The SMILES string of the molecule is C#CCn1c(C(C)C)nc2sc(C)c(-c3ccc(Cl)c(C)c3)c2c1=O. The van der Waals surface area contributed by atoms with Gasteiger partial charge in [0.05, 0.1) is 11.9 Å². The summed E-state index contributed by atoms with van der Waals surface area (Å²) in [5.41, 5.74) is 2.82. The molecule has 0 unspecified atom stereocenters. The van der Waals surface area contributed by atoms with Crippen molar-refractivity contribution in [1.29, 1.82) is 0 Å². The summed E-state index contributed by atoms with van der Waals surface area (Å²) in [4.78, 5) is 19.8. The molecule has 3 nitrogen and oxygen atoms in total. The maximum atomic E-state index is 13.2. The number of nitrogens with zero attached hydrogens (tertiary/aromatic N) is 2. The minimum Gasteiger partial charge on any atom is -0.284 e. The van der Waals surface area contributed by atoms with E-state index in [-0.39, 0.29) is 18.0 Å². The lowest BCUT2D eigenvalue weighted by Crippen LogP contribution is -2.25. The number of rotatable bonds is 3. The van der Waals surface area contributed by atoms with Crippen LogP contribution in [-0.4, -0.2) is 9.55 Å². The zero-order valence-electron chi connectivity index (χ0n) is 14.7. The van der Waals surface area contributed by atoms with Crippen LogP contribution in [0.25, 0.3) is 21.3 Å². The van der Waals surface area contributed by atoms with Crippen molar-refractivity contribution < 1.29 is 0 Å². The number of hydrogen-bond donors (Lipinski definition) is 0. The molecule has 2 heterocycles. The molecule has 2 aromatic heterocycles. The van der Waals surface area contributed by atoms with Crippen LogP contribution in [0.1, 0.15) is 36.0 Å². The van der Waals surface area contributed by atoms with Gasteiger partial charge in [-0.3, -0.25) is 9.36 Å². The molecule has 0 aliphatic rings. The first kappa shape index (κ1) is 17.7. The molecule has 0 aliphatic heterocycles. The quantitative estimate of drug-likeness (QED) is 0.597. The van der Waals surface area contributed by atoms with E-state index >= 15 is 0 Å². The van der Waals surface area contributed by atoms with E-state index in [0.29, 0.717) is 10.4 Å². The molecule has 1 aromatic carbocycles. The zero-order chi connectivity index (χ0) is 18.3. The van der Waals surface area contributed by atoms with Gasteiger partial charge < -0.3 is 0 Å². The number of benzene rings is 1. The van der Waals surface area contributed by atoms with Crippen LogP contribution in [0.15, 0.2) is 23.0 Å². The number of aromatic nitrogens is 2. The van der Waals surface area contributed by atoms with Gasteiger partial charge in [-0.25, -0.2) is 4.98 Å². The average Bonchev–Trinajstić information content (AvgIpc) is 2.89. The molecule has 0 aliphatic carbocycles. The van der Waals surface area contributed by atoms with Gasteiger partial charge in [-0.05, 0) is 37.1 Å². The highest BCUT2D eigenvalue weighted by Crippen LogP contribution is 2.37. The van der Waals surface area contributed by atoms with Gasteiger partial charge in [0.2, 0.25) is 0 Å². The molecule has 0 N–H and O–H groups in total. The Morgan fingerprint density at radius 2 is 2.08 bits per heavy atom. The van der Waals surface area contributed by atoms with E-state index in [1.165, 1.54) is 0 Å². The van der Waals surface area contributed by atoms with Crippen molar-refractivity contribution in [3.05, 3.63) is 49.8 Å². The highest BCUT2D eigenvalue weighted by molar-refractivity contribution is 7.19. The summed E-state index contributed by atoms with van der Waals surface area (Å²) >= 11 is 7.70. The molecule has 0 atom stereocenters. The average molecular weight is 371 g/mol. The second-order valence-electron chi connectivity index (χ2n) is 6.40. The third-order valence-corrected chi connectivity index (χ3v) is 5.65. The summed E-state index contributed by atoms with van der Waals surface area (Å²) in [5.74, 6) is 3.43. The van der Waals surface area contributed by atoms with Gasteiger partial charge in [-0.15, -0.1) is 17.8 Å². The smallest absolute Gasteiger partial charge is 0.263 e. The Morgan fingerprint density at radius 1 is 1.36 bits per heavy atom. The van der Waals surface area contributed by atoms with E-state index in [1.54, 1.807) is 15.9 Å². The molecule has 5 heteroatoms. The Morgan fingerprint density at radius 3 is 2.68 bits per heavy atom. The van der Waals surface area contributed by atoms with Crippen molar-refractivity contribution in [2.75, 3.05) is 0 Å². The third kappa shape index (κ3) is 2.99. The third-order valence-electron chi connectivity index (χ3n) is 4.23. The summed E-state index contributed by atoms with van der Waals surface area (Å²) in [6.07, 6.45) is 5.48. The molecule has 0 spiro atoms. The largest absolute Gasteiger partial charge is 0.284 e. The number of hydrogen-bond acceptors (Lipinski definition) is 3. The lowest BCUT2D eigenvalue weighted by Gasteiger charge is -2.13. The van der Waals surface area contributed by atoms with Crippen LogP contribution in [0.3, 0.4) is 0 Å². The maximum absolute atomic E-state index is 13.2. The molecule has 3 aromatic rings. The number of terminal acetylenes is 1. The first-order valence-electron chi connectivity index (χ1n) is 8.09. The minimum atomic E-state index is -0.0707. The second-order valence-corrected chi connectivity index (χ2v) is 8.01. The maximum Gasteiger partial charge on any atom is 0.263 e. The molecule has 0 radical (unpaired) electrons. The van der Waals surface area contributed by atoms with Crippen molar-refractivity contribution >= 4 is 33.2 Å². The van der Waals surface area contributed by atoms with Gasteiger partial charge in [-0.2, -0.15) is 0 Å². The van der Waals surface area contributed by atoms with Crippen LogP contribution in [-0.2, 0) is 6.54 Å². The molecule has 25 heavy (non-hydrogen) atoms. The van der Waals surface area contributed by atoms with Gasteiger partial charge in [0.25, 0.3) is 5.56 Å². The Kier molecular flexibility index (Phi) is 4.73. The fourth-order valence-electron chi connectivity index (χ4n) is 3.04. The molecular formula is C20H19ClN2OS. The Labute approximate surface area is 156 Å². The normalized spacial score (nSPS) is 11.2. The zero-order valence-corrected chi connectivity index (χ0v) is 16.3. The van der Waals surface area contributed by atoms with Gasteiger partial charge in [0.1, 0.15) is 10.7 Å². The summed E-state index contributed by atoms with van der Waals surface area (Å²) < 4.78 is 1.62. The van der Waals surface area contributed by atoms with Crippen molar-refractivity contribution in [2.24, 2.45) is 0 Å². The topological polar surface area (TPSA) is 34.9 Å². The predicted molar refractivity (Wildman–Crippen MR) is 107 cm³/mol. The standard InChI is InChI=1S/C20H19ClN2OS/c1-6-9-23-18(11(2)3)22-19-17(20(23)24)16(13(5)25-19)14-7-8-15(21)12(4)10-14/h1,7-8,10-11H,9H2,2-5H3. The highest BCUT2D eigenvalue weighted by atomic mass is 35.5.